The number of halogens is 3. The zero-order chi connectivity index (χ0) is 26.2. The number of benzene rings is 1. The summed E-state index contributed by atoms with van der Waals surface area (Å²) in [6.07, 6.45) is 5.33. The summed E-state index contributed by atoms with van der Waals surface area (Å²) in [5.74, 6) is -4.46. The first-order valence-electron chi connectivity index (χ1n) is 11.4. The topological polar surface area (TPSA) is 116 Å². The zero-order valence-corrected chi connectivity index (χ0v) is 19.8. The summed E-state index contributed by atoms with van der Waals surface area (Å²) in [6, 6.07) is 9.66. The highest BCUT2D eigenvalue weighted by Gasteiger charge is 2.24. The van der Waals surface area contributed by atoms with E-state index in [0.29, 0.717) is 24.2 Å². The van der Waals surface area contributed by atoms with Gasteiger partial charge >= 0.3 is 0 Å². The van der Waals surface area contributed by atoms with Crippen molar-refractivity contribution in [2.24, 2.45) is 0 Å². The van der Waals surface area contributed by atoms with E-state index in [2.05, 4.69) is 48.3 Å². The number of nitrogens with zero attached hydrogens (tertiary/aromatic N) is 5. The Morgan fingerprint density at radius 2 is 2.03 bits per heavy atom. The second-order valence-electron chi connectivity index (χ2n) is 8.56. The molecule has 0 fully saturated rings. The summed E-state index contributed by atoms with van der Waals surface area (Å²) in [6.45, 7) is 5.07. The van der Waals surface area contributed by atoms with E-state index in [9.17, 15) is 13.2 Å². The van der Waals surface area contributed by atoms with Crippen LogP contribution >= 0.6 is 0 Å². The van der Waals surface area contributed by atoms with Gasteiger partial charge in [-0.25, -0.2) is 23.9 Å². The first-order valence-corrected chi connectivity index (χ1v) is 11.4. The molecule has 0 unspecified atom stereocenters. The average molecular weight is 509 g/mol. The smallest absolute Gasteiger partial charge is 0.300 e. The Kier molecular flexibility index (Phi) is 6.25. The Labute approximate surface area is 209 Å². The molecule has 0 radical (unpaired) electrons. The summed E-state index contributed by atoms with van der Waals surface area (Å²) in [5.41, 5.74) is 5.71. The van der Waals surface area contributed by atoms with Gasteiger partial charge in [-0.3, -0.25) is 0 Å². The lowest BCUT2D eigenvalue weighted by molar-refractivity contribution is 0.0197. The quantitative estimate of drug-likeness (QED) is 0.255. The highest BCUT2D eigenvalue weighted by Crippen LogP contribution is 2.29. The molecule has 0 bridgehead atoms. The van der Waals surface area contributed by atoms with Gasteiger partial charge in [0.1, 0.15) is 11.4 Å². The molecule has 5 aromatic rings. The maximum absolute atomic E-state index is 14.5. The Hall–Kier alpha value is -4.45. The van der Waals surface area contributed by atoms with E-state index in [1.54, 1.807) is 29.0 Å². The van der Waals surface area contributed by atoms with Crippen LogP contribution in [-0.2, 0) is 13.0 Å². The van der Waals surface area contributed by atoms with Crippen LogP contribution in [-0.4, -0.2) is 47.1 Å². The predicted molar refractivity (Wildman–Crippen MR) is 133 cm³/mol. The third-order valence-corrected chi connectivity index (χ3v) is 5.88. The number of aliphatic hydroxyl groups is 1. The van der Waals surface area contributed by atoms with E-state index in [4.69, 9.17) is 5.11 Å². The molecule has 9 nitrogen and oxygen atoms in total. The molecule has 0 atom stereocenters. The number of imidazole rings is 1. The van der Waals surface area contributed by atoms with Crippen LogP contribution in [0.15, 0.2) is 61.3 Å². The van der Waals surface area contributed by atoms with Gasteiger partial charge in [0.05, 0.1) is 12.4 Å². The minimum atomic E-state index is -3.14. The van der Waals surface area contributed by atoms with Crippen LogP contribution in [0.25, 0.3) is 27.9 Å². The number of aromatic nitrogens is 6. The molecule has 1 aliphatic rings. The maximum Gasteiger partial charge on any atom is 0.300 e. The summed E-state index contributed by atoms with van der Waals surface area (Å²) in [4.78, 5) is 16.3. The highest BCUT2D eigenvalue weighted by molar-refractivity contribution is 5.88. The van der Waals surface area contributed by atoms with Crippen molar-refractivity contribution < 1.29 is 18.3 Å². The fourth-order valence-electron chi connectivity index (χ4n) is 3.96. The van der Waals surface area contributed by atoms with E-state index in [1.165, 1.54) is 16.6 Å². The molecule has 0 saturated carbocycles. The highest BCUT2D eigenvalue weighted by atomic mass is 19.3. The molecule has 1 aliphatic heterocycles. The number of anilines is 2. The van der Waals surface area contributed by atoms with Crippen LogP contribution in [0.1, 0.15) is 18.2 Å². The summed E-state index contributed by atoms with van der Waals surface area (Å²) in [5, 5.41) is 20.0. The molecule has 0 spiro atoms. The largest absolute Gasteiger partial charge is 0.507 e. The van der Waals surface area contributed by atoms with Crippen molar-refractivity contribution in [3.63, 3.8) is 0 Å². The van der Waals surface area contributed by atoms with Crippen molar-refractivity contribution in [3.8, 4) is 11.4 Å². The molecule has 37 heavy (non-hydrogen) atoms. The molecule has 1 aromatic carbocycles. The molecule has 0 saturated heterocycles. The van der Waals surface area contributed by atoms with Crippen LogP contribution in [0.2, 0.25) is 0 Å². The SMILES string of the molecule is C=C(O)C(C)(F)F.Fc1cnc(Nc2ccc3c4c([nH]c3c2)CCNC4)nc1-c1cnc2cccnn12. The number of hydrogen-bond donors (Lipinski definition) is 4. The van der Waals surface area contributed by atoms with Gasteiger partial charge in [-0.1, -0.05) is 12.6 Å². The molecule has 4 N–H and O–H groups in total. The zero-order valence-electron chi connectivity index (χ0n) is 19.8. The summed E-state index contributed by atoms with van der Waals surface area (Å²) in [7, 11) is 0. The molecular weight excluding hydrogens is 485 g/mol. The number of rotatable bonds is 4. The van der Waals surface area contributed by atoms with E-state index < -0.39 is 17.5 Å². The van der Waals surface area contributed by atoms with Crippen molar-refractivity contribution >= 4 is 28.2 Å². The third kappa shape index (κ3) is 4.96. The number of aromatic amines is 1. The Morgan fingerprint density at radius 1 is 1.22 bits per heavy atom. The Balaban J connectivity index is 0.000000355. The Bertz CT molecular complexity index is 1610. The maximum atomic E-state index is 14.5. The fourth-order valence-corrected chi connectivity index (χ4v) is 3.96. The monoisotopic (exact) mass is 508 g/mol. The van der Waals surface area contributed by atoms with Gasteiger partial charge < -0.3 is 20.7 Å². The summed E-state index contributed by atoms with van der Waals surface area (Å²) < 4.78 is 39.1. The van der Waals surface area contributed by atoms with Crippen LogP contribution in [0.3, 0.4) is 0 Å². The van der Waals surface area contributed by atoms with E-state index in [-0.39, 0.29) is 5.69 Å². The molecular formula is C25H23F3N8O. The molecule has 12 heteroatoms. The Morgan fingerprint density at radius 3 is 2.81 bits per heavy atom. The number of aliphatic hydroxyl groups excluding tert-OH is 1. The number of hydrogen-bond acceptors (Lipinski definition) is 7. The van der Waals surface area contributed by atoms with E-state index in [1.807, 2.05) is 12.1 Å². The lowest BCUT2D eigenvalue weighted by Crippen LogP contribution is -2.22. The lowest BCUT2D eigenvalue weighted by atomic mass is 10.1. The second-order valence-corrected chi connectivity index (χ2v) is 8.56. The number of nitrogens with one attached hydrogen (secondary N) is 3. The van der Waals surface area contributed by atoms with Gasteiger partial charge in [0.2, 0.25) is 5.95 Å². The van der Waals surface area contributed by atoms with Gasteiger partial charge in [0, 0.05) is 54.9 Å². The molecule has 4 aromatic heterocycles. The molecule has 6 rings (SSSR count). The fraction of sp³-hybridized carbons (Fsp3) is 0.200. The van der Waals surface area contributed by atoms with Gasteiger partial charge in [-0.15, -0.1) is 0 Å². The minimum Gasteiger partial charge on any atom is -0.507 e. The van der Waals surface area contributed by atoms with Crippen LogP contribution in [0.4, 0.5) is 24.8 Å². The van der Waals surface area contributed by atoms with Gasteiger partial charge in [-0.05, 0) is 29.8 Å². The van der Waals surface area contributed by atoms with Crippen LogP contribution < -0.4 is 10.6 Å². The molecule has 190 valence electrons. The molecule has 0 amide bonds. The van der Waals surface area contributed by atoms with Crippen molar-refractivity contribution in [3.05, 3.63) is 78.3 Å². The van der Waals surface area contributed by atoms with Gasteiger partial charge in [-0.2, -0.15) is 13.9 Å². The summed E-state index contributed by atoms with van der Waals surface area (Å²) >= 11 is 0. The number of alkyl halides is 2. The number of allylic oxidation sites excluding steroid dienone is 1. The van der Waals surface area contributed by atoms with Crippen LogP contribution in [0, 0.1) is 5.82 Å². The van der Waals surface area contributed by atoms with Gasteiger partial charge in [0.25, 0.3) is 5.92 Å². The van der Waals surface area contributed by atoms with Crippen molar-refractivity contribution in [2.45, 2.75) is 25.8 Å². The standard InChI is InChI=1S/C21H17FN8.C4H6F2O/c22-15-10-25-21(29-20(15)18-11-24-19-2-1-6-26-30(18)19)27-12-3-4-13-14-9-23-7-5-16(14)28-17(13)8-12;1-3(7)4(2,5)6/h1-4,6,8,10-11,23,28H,5,7,9H2,(H,25,27,29);7H,1H2,2H3. The van der Waals surface area contributed by atoms with Gasteiger partial charge in [0.15, 0.2) is 17.2 Å². The normalized spacial score (nSPS) is 13.2. The number of fused-ring (bicyclic) bond motifs is 4. The average Bonchev–Trinajstić information content (AvgIpc) is 3.46. The molecule has 0 aliphatic carbocycles. The van der Waals surface area contributed by atoms with E-state index >= 15 is 0 Å². The van der Waals surface area contributed by atoms with Crippen molar-refractivity contribution in [2.75, 3.05) is 11.9 Å². The number of H-pyrrole nitrogens is 1. The minimum absolute atomic E-state index is 0.140. The van der Waals surface area contributed by atoms with Crippen LogP contribution in [0.5, 0.6) is 0 Å². The predicted octanol–water partition coefficient (Wildman–Crippen LogP) is 4.91. The first kappa shape index (κ1) is 24.3. The molecule has 5 heterocycles. The van der Waals surface area contributed by atoms with E-state index in [0.717, 1.165) is 36.9 Å². The lowest BCUT2D eigenvalue weighted by Gasteiger charge is -2.12. The van der Waals surface area contributed by atoms with Crippen molar-refractivity contribution in [1.29, 1.82) is 0 Å². The second kappa shape index (κ2) is 9.54. The first-order chi connectivity index (χ1) is 17.7. The third-order valence-electron chi connectivity index (χ3n) is 5.88. The van der Waals surface area contributed by atoms with Crippen molar-refractivity contribution in [1.82, 2.24) is 34.9 Å².